The van der Waals surface area contributed by atoms with Gasteiger partial charge in [0.2, 0.25) is 0 Å². The smallest absolute Gasteiger partial charge is 0.299 e. The molecule has 0 atom stereocenters. The van der Waals surface area contributed by atoms with Gasteiger partial charge in [-0.15, -0.1) is 0 Å². The molecule has 70 valence electrons. The van der Waals surface area contributed by atoms with E-state index in [1.807, 2.05) is 24.3 Å². The zero-order valence-corrected chi connectivity index (χ0v) is 7.60. The lowest BCUT2D eigenvalue weighted by molar-refractivity contribution is 0.447. The maximum atomic E-state index is 5.42. The van der Waals surface area contributed by atoms with Gasteiger partial charge in [-0.25, -0.2) is 4.98 Å². The van der Waals surface area contributed by atoms with Crippen LogP contribution in [0.1, 0.15) is 5.56 Å². The van der Waals surface area contributed by atoms with E-state index in [0.29, 0.717) is 6.01 Å². The van der Waals surface area contributed by atoms with Crippen LogP contribution < -0.4 is 4.74 Å². The topological polar surface area (TPSA) is 37.9 Å². The Morgan fingerprint density at radius 2 is 2.07 bits per heavy atom. The zero-order chi connectivity index (χ0) is 9.80. The Kier molecular flexibility index (Phi) is 2.32. The minimum absolute atomic E-state index is 0.497. The lowest BCUT2D eigenvalue weighted by atomic mass is 10.2. The molecule has 0 aliphatic rings. The van der Waals surface area contributed by atoms with Gasteiger partial charge in [-0.05, 0) is 17.7 Å². The number of aromatic nitrogens is 2. The van der Waals surface area contributed by atoms with Gasteiger partial charge in [0.15, 0.2) is 0 Å². The molecule has 1 N–H and O–H groups in total. The van der Waals surface area contributed by atoms with E-state index in [-0.39, 0.29) is 0 Å². The summed E-state index contributed by atoms with van der Waals surface area (Å²) in [6, 6.07) is 8.12. The van der Waals surface area contributed by atoms with Crippen LogP contribution in [0.15, 0.2) is 43.2 Å². The Hall–Kier alpha value is -2.03. The van der Waals surface area contributed by atoms with E-state index in [1.54, 1.807) is 18.5 Å². The lowest BCUT2D eigenvalue weighted by Crippen LogP contribution is -1.85. The van der Waals surface area contributed by atoms with Crippen molar-refractivity contribution < 1.29 is 4.74 Å². The van der Waals surface area contributed by atoms with Crippen LogP contribution in [0.2, 0.25) is 0 Å². The fourth-order valence-corrected chi connectivity index (χ4v) is 1.09. The normalized spacial score (nSPS) is 9.71. The summed E-state index contributed by atoms with van der Waals surface area (Å²) in [5.41, 5.74) is 1.07. The molecule has 0 amide bonds. The van der Waals surface area contributed by atoms with Crippen LogP contribution in [-0.2, 0) is 0 Å². The predicted molar refractivity (Wildman–Crippen MR) is 55.2 cm³/mol. The molecule has 0 aliphatic carbocycles. The Morgan fingerprint density at radius 3 is 2.64 bits per heavy atom. The van der Waals surface area contributed by atoms with Gasteiger partial charge in [0.05, 0.1) is 0 Å². The number of aromatic amines is 1. The lowest BCUT2D eigenvalue weighted by Gasteiger charge is -2.01. The molecule has 0 fully saturated rings. The SMILES string of the molecule is C=Cc1ccc(Oc2ncc[nH]2)cc1. The maximum absolute atomic E-state index is 5.42. The van der Waals surface area contributed by atoms with Gasteiger partial charge in [0.25, 0.3) is 6.01 Å². The van der Waals surface area contributed by atoms with E-state index < -0.39 is 0 Å². The van der Waals surface area contributed by atoms with Crippen molar-refractivity contribution in [2.75, 3.05) is 0 Å². The average Bonchev–Trinajstić information content (AvgIpc) is 2.72. The van der Waals surface area contributed by atoms with Crippen molar-refractivity contribution in [2.24, 2.45) is 0 Å². The summed E-state index contributed by atoms with van der Waals surface area (Å²) >= 11 is 0. The minimum atomic E-state index is 0.497. The van der Waals surface area contributed by atoms with Crippen LogP contribution in [0.4, 0.5) is 0 Å². The van der Waals surface area contributed by atoms with Crippen molar-refractivity contribution in [3.8, 4) is 11.8 Å². The van der Waals surface area contributed by atoms with Crippen LogP contribution in [0.5, 0.6) is 11.8 Å². The number of imidazole rings is 1. The fourth-order valence-electron chi connectivity index (χ4n) is 1.09. The third-order valence-corrected chi connectivity index (χ3v) is 1.80. The highest BCUT2D eigenvalue weighted by atomic mass is 16.5. The molecule has 0 unspecified atom stereocenters. The molecule has 0 spiro atoms. The molecule has 0 bridgehead atoms. The molecular weight excluding hydrogens is 176 g/mol. The summed E-state index contributed by atoms with van der Waals surface area (Å²) in [6.45, 7) is 3.68. The molecule has 0 radical (unpaired) electrons. The monoisotopic (exact) mass is 186 g/mol. The van der Waals surface area contributed by atoms with E-state index in [1.165, 1.54) is 0 Å². The van der Waals surface area contributed by atoms with Gasteiger partial charge < -0.3 is 9.72 Å². The van der Waals surface area contributed by atoms with Crippen LogP contribution in [0, 0.1) is 0 Å². The summed E-state index contributed by atoms with van der Waals surface area (Å²) in [4.78, 5) is 6.82. The molecule has 1 aromatic heterocycles. The number of nitrogens with one attached hydrogen (secondary N) is 1. The Morgan fingerprint density at radius 1 is 1.29 bits per heavy atom. The van der Waals surface area contributed by atoms with E-state index in [9.17, 15) is 0 Å². The summed E-state index contributed by atoms with van der Waals surface area (Å²) in [5.74, 6) is 0.755. The first kappa shape index (κ1) is 8.56. The molecule has 3 heteroatoms. The van der Waals surface area contributed by atoms with Crippen molar-refractivity contribution in [3.63, 3.8) is 0 Å². The third kappa shape index (κ3) is 1.82. The third-order valence-electron chi connectivity index (χ3n) is 1.80. The molecule has 0 saturated carbocycles. The van der Waals surface area contributed by atoms with Crippen molar-refractivity contribution in [1.29, 1.82) is 0 Å². The molecule has 1 aromatic carbocycles. The quantitative estimate of drug-likeness (QED) is 0.800. The summed E-state index contributed by atoms with van der Waals surface area (Å²) < 4.78 is 5.42. The van der Waals surface area contributed by atoms with E-state index in [4.69, 9.17) is 4.74 Å². The minimum Gasteiger partial charge on any atom is -0.426 e. The number of ether oxygens (including phenoxy) is 1. The largest absolute Gasteiger partial charge is 0.426 e. The fraction of sp³-hybridized carbons (Fsp3) is 0. The van der Waals surface area contributed by atoms with Crippen LogP contribution >= 0.6 is 0 Å². The molecule has 0 saturated heterocycles. The molecule has 2 rings (SSSR count). The van der Waals surface area contributed by atoms with Crippen molar-refractivity contribution in [3.05, 3.63) is 48.8 Å². The molecule has 14 heavy (non-hydrogen) atoms. The first-order valence-electron chi connectivity index (χ1n) is 4.28. The standard InChI is InChI=1S/C11H10N2O/c1-2-9-3-5-10(6-4-9)14-11-12-7-8-13-11/h2-8H,1H2,(H,12,13). The number of hydrogen-bond donors (Lipinski definition) is 1. The van der Waals surface area contributed by atoms with Gasteiger partial charge in [-0.3, -0.25) is 0 Å². The first-order chi connectivity index (χ1) is 6.88. The Balaban J connectivity index is 2.14. The number of H-pyrrole nitrogens is 1. The highest BCUT2D eigenvalue weighted by molar-refractivity contribution is 5.48. The number of benzene rings is 1. The second-order valence-corrected chi connectivity index (χ2v) is 2.77. The molecule has 2 aromatic rings. The first-order valence-corrected chi connectivity index (χ1v) is 4.28. The van der Waals surface area contributed by atoms with Gasteiger partial charge in [0, 0.05) is 12.4 Å². The second kappa shape index (κ2) is 3.79. The van der Waals surface area contributed by atoms with Gasteiger partial charge in [0.1, 0.15) is 5.75 Å². The zero-order valence-electron chi connectivity index (χ0n) is 7.60. The summed E-state index contributed by atoms with van der Waals surface area (Å²) in [7, 11) is 0. The Bertz CT molecular complexity index is 403. The second-order valence-electron chi connectivity index (χ2n) is 2.77. The molecule has 0 aliphatic heterocycles. The van der Waals surface area contributed by atoms with Crippen molar-refractivity contribution >= 4 is 6.08 Å². The van der Waals surface area contributed by atoms with Crippen molar-refractivity contribution in [2.45, 2.75) is 0 Å². The Labute approximate surface area is 82.1 Å². The summed E-state index contributed by atoms with van der Waals surface area (Å²) in [5, 5.41) is 0. The van der Waals surface area contributed by atoms with E-state index in [2.05, 4.69) is 16.5 Å². The van der Waals surface area contributed by atoms with Crippen molar-refractivity contribution in [1.82, 2.24) is 9.97 Å². The van der Waals surface area contributed by atoms with Crippen LogP contribution in [0.25, 0.3) is 6.08 Å². The van der Waals surface area contributed by atoms with E-state index in [0.717, 1.165) is 11.3 Å². The number of hydrogen-bond acceptors (Lipinski definition) is 2. The maximum Gasteiger partial charge on any atom is 0.299 e. The van der Waals surface area contributed by atoms with Crippen LogP contribution in [-0.4, -0.2) is 9.97 Å². The average molecular weight is 186 g/mol. The number of rotatable bonds is 3. The van der Waals surface area contributed by atoms with Gasteiger partial charge in [-0.2, -0.15) is 0 Å². The van der Waals surface area contributed by atoms with Gasteiger partial charge in [-0.1, -0.05) is 24.8 Å². The van der Waals surface area contributed by atoms with Gasteiger partial charge >= 0.3 is 0 Å². The molecule has 3 nitrogen and oxygen atoms in total. The predicted octanol–water partition coefficient (Wildman–Crippen LogP) is 2.85. The van der Waals surface area contributed by atoms with E-state index >= 15 is 0 Å². The molecular formula is C11H10N2O. The number of nitrogens with zero attached hydrogens (tertiary/aromatic N) is 1. The highest BCUT2D eigenvalue weighted by Gasteiger charge is 1.97. The highest BCUT2D eigenvalue weighted by Crippen LogP contribution is 2.17. The van der Waals surface area contributed by atoms with Crippen LogP contribution in [0.3, 0.4) is 0 Å². The molecule has 1 heterocycles. The summed E-state index contributed by atoms with van der Waals surface area (Å²) in [6.07, 6.45) is 5.15.